The summed E-state index contributed by atoms with van der Waals surface area (Å²) in [4.78, 5) is 0. The van der Waals surface area contributed by atoms with Gasteiger partial charge in [0.25, 0.3) is 0 Å². The van der Waals surface area contributed by atoms with Gasteiger partial charge in [-0.15, -0.1) is 0 Å². The van der Waals surface area contributed by atoms with Crippen LogP contribution < -0.4 is 0 Å². The van der Waals surface area contributed by atoms with Crippen molar-refractivity contribution in [2.45, 2.75) is 13.8 Å². The molecular weight excluding hydrogens is 204 g/mol. The van der Waals surface area contributed by atoms with Crippen LogP contribution in [0.4, 0.5) is 0 Å². The Hall–Kier alpha value is -1.82. The molecule has 0 amide bonds. The van der Waals surface area contributed by atoms with Gasteiger partial charge in [0.15, 0.2) is 0 Å². The molecule has 0 unspecified atom stereocenters. The first-order valence-corrected chi connectivity index (χ1v) is 5.98. The highest BCUT2D eigenvalue weighted by molar-refractivity contribution is 6.01. The monoisotopic (exact) mass is 219 g/mol. The van der Waals surface area contributed by atoms with E-state index in [4.69, 9.17) is 0 Å². The third-order valence-electron chi connectivity index (χ3n) is 3.43. The molecule has 0 spiro atoms. The van der Waals surface area contributed by atoms with Crippen LogP contribution in [0, 0.1) is 13.3 Å². The Morgan fingerprint density at radius 2 is 1.47 bits per heavy atom. The van der Waals surface area contributed by atoms with Gasteiger partial charge in [0, 0.05) is 6.42 Å². The highest BCUT2D eigenvalue weighted by Gasteiger charge is 2.18. The number of allylic oxidation sites excluding steroid dienone is 2. The summed E-state index contributed by atoms with van der Waals surface area (Å²) < 4.78 is 0. The van der Waals surface area contributed by atoms with Crippen molar-refractivity contribution in [3.05, 3.63) is 77.2 Å². The fourth-order valence-electron chi connectivity index (χ4n) is 2.41. The molecule has 0 nitrogen and oxygen atoms in total. The number of rotatable bonds is 1. The summed E-state index contributed by atoms with van der Waals surface area (Å²) in [5.74, 6) is 0. The highest BCUT2D eigenvalue weighted by atomic mass is 14.2. The van der Waals surface area contributed by atoms with Crippen molar-refractivity contribution in [3.8, 4) is 0 Å². The normalized spacial score (nSPS) is 14.0. The van der Waals surface area contributed by atoms with E-state index < -0.39 is 0 Å². The third-order valence-corrected chi connectivity index (χ3v) is 3.43. The van der Waals surface area contributed by atoms with Crippen molar-refractivity contribution in [1.82, 2.24) is 0 Å². The molecule has 3 rings (SSSR count). The first kappa shape index (κ1) is 10.3. The Morgan fingerprint density at radius 1 is 0.765 bits per heavy atom. The number of fused-ring (bicyclic) bond motifs is 1. The van der Waals surface area contributed by atoms with Crippen molar-refractivity contribution in [3.63, 3.8) is 0 Å². The van der Waals surface area contributed by atoms with Crippen LogP contribution >= 0.6 is 0 Å². The second-order valence-electron chi connectivity index (χ2n) is 4.64. The van der Waals surface area contributed by atoms with E-state index in [1.165, 1.54) is 33.4 Å². The van der Waals surface area contributed by atoms with Crippen LogP contribution in [0.2, 0.25) is 0 Å². The molecule has 0 aliphatic heterocycles. The second kappa shape index (κ2) is 3.89. The number of benzene rings is 2. The molecule has 0 saturated heterocycles. The maximum atomic E-state index is 2.29. The van der Waals surface area contributed by atoms with Crippen molar-refractivity contribution in [2.24, 2.45) is 0 Å². The molecule has 17 heavy (non-hydrogen) atoms. The Bertz CT molecular complexity index is 586. The molecule has 0 heteroatoms. The molecule has 0 atom stereocenters. The molecule has 1 aliphatic rings. The average Bonchev–Trinajstić information content (AvgIpc) is 2.69. The van der Waals surface area contributed by atoms with Gasteiger partial charge in [-0.3, -0.25) is 0 Å². The van der Waals surface area contributed by atoms with E-state index >= 15 is 0 Å². The third kappa shape index (κ3) is 1.70. The summed E-state index contributed by atoms with van der Waals surface area (Å²) in [5, 5.41) is 0. The summed E-state index contributed by atoms with van der Waals surface area (Å²) >= 11 is 0. The van der Waals surface area contributed by atoms with E-state index in [0.717, 1.165) is 0 Å². The summed E-state index contributed by atoms with van der Waals surface area (Å²) in [6.07, 6.45) is 2.29. The predicted octanol–water partition coefficient (Wildman–Crippen LogP) is 4.49. The van der Waals surface area contributed by atoms with Crippen molar-refractivity contribution in [1.29, 1.82) is 0 Å². The summed E-state index contributed by atoms with van der Waals surface area (Å²) in [7, 11) is 0. The van der Waals surface area contributed by atoms with Crippen LogP contribution in [0.5, 0.6) is 0 Å². The van der Waals surface area contributed by atoms with E-state index in [9.17, 15) is 0 Å². The Morgan fingerprint density at radius 3 is 2.18 bits per heavy atom. The van der Waals surface area contributed by atoms with Gasteiger partial charge in [-0.05, 0) is 41.7 Å². The average molecular weight is 219 g/mol. The van der Waals surface area contributed by atoms with Crippen LogP contribution in [0.25, 0.3) is 11.1 Å². The topological polar surface area (TPSA) is 0 Å². The maximum absolute atomic E-state index is 2.29. The minimum absolute atomic E-state index is 1.31. The van der Waals surface area contributed by atoms with Gasteiger partial charge in [0.2, 0.25) is 0 Å². The standard InChI is InChI=1S/C17H15/c1-12-7-9-14(10-8-12)17-11-15-5-3-4-6-16(15)13(17)2/h3-11H,1-2H3. The fourth-order valence-corrected chi connectivity index (χ4v) is 2.41. The molecule has 0 saturated carbocycles. The first-order valence-electron chi connectivity index (χ1n) is 5.98. The van der Waals surface area contributed by atoms with Crippen molar-refractivity contribution in [2.75, 3.05) is 0 Å². The number of hydrogen-bond acceptors (Lipinski definition) is 0. The highest BCUT2D eigenvalue weighted by Crippen LogP contribution is 2.39. The molecule has 1 aliphatic carbocycles. The maximum Gasteiger partial charge on any atom is 0.0214 e. The zero-order chi connectivity index (χ0) is 11.8. The summed E-state index contributed by atoms with van der Waals surface area (Å²) in [5.41, 5.74) is 8.05. The minimum Gasteiger partial charge on any atom is -0.0619 e. The van der Waals surface area contributed by atoms with Crippen LogP contribution in [0.1, 0.15) is 29.2 Å². The lowest BCUT2D eigenvalue weighted by atomic mass is 10.0. The van der Waals surface area contributed by atoms with Gasteiger partial charge in [0.05, 0.1) is 0 Å². The molecule has 2 aromatic carbocycles. The van der Waals surface area contributed by atoms with Crippen LogP contribution in [0.15, 0.2) is 48.5 Å². The van der Waals surface area contributed by atoms with Gasteiger partial charge < -0.3 is 0 Å². The largest absolute Gasteiger partial charge is 0.0619 e. The Kier molecular flexibility index (Phi) is 2.36. The van der Waals surface area contributed by atoms with E-state index in [2.05, 4.69) is 68.8 Å². The lowest BCUT2D eigenvalue weighted by molar-refractivity contribution is 1.45. The van der Waals surface area contributed by atoms with Gasteiger partial charge in [0.1, 0.15) is 0 Å². The molecule has 83 valence electrons. The SMILES string of the molecule is CC1=C(c2ccc(C)cc2)[CH]c2ccccc21. The number of hydrogen-bond donors (Lipinski definition) is 0. The van der Waals surface area contributed by atoms with Gasteiger partial charge in [-0.25, -0.2) is 0 Å². The molecule has 0 N–H and O–H groups in total. The molecule has 2 aromatic rings. The molecule has 0 bridgehead atoms. The van der Waals surface area contributed by atoms with Crippen LogP contribution in [-0.2, 0) is 0 Å². The fraction of sp³-hybridized carbons (Fsp3) is 0.118. The van der Waals surface area contributed by atoms with Crippen LogP contribution in [0.3, 0.4) is 0 Å². The van der Waals surface area contributed by atoms with Crippen molar-refractivity contribution < 1.29 is 0 Å². The zero-order valence-electron chi connectivity index (χ0n) is 10.2. The summed E-state index contributed by atoms with van der Waals surface area (Å²) in [6.45, 7) is 4.33. The lowest BCUT2D eigenvalue weighted by Crippen LogP contribution is -1.83. The quantitative estimate of drug-likeness (QED) is 0.662. The lowest BCUT2D eigenvalue weighted by Gasteiger charge is -2.04. The molecule has 0 heterocycles. The minimum atomic E-state index is 1.31. The molecule has 0 aromatic heterocycles. The van der Waals surface area contributed by atoms with E-state index in [1.54, 1.807) is 0 Å². The molecule has 1 radical (unpaired) electrons. The molecular formula is C17H15. The van der Waals surface area contributed by atoms with E-state index in [0.29, 0.717) is 0 Å². The van der Waals surface area contributed by atoms with Crippen molar-refractivity contribution >= 4 is 11.1 Å². The predicted molar refractivity (Wildman–Crippen MR) is 73.5 cm³/mol. The van der Waals surface area contributed by atoms with E-state index in [1.807, 2.05) is 0 Å². The Balaban J connectivity index is 2.08. The smallest absolute Gasteiger partial charge is 0.0214 e. The van der Waals surface area contributed by atoms with Gasteiger partial charge in [-0.2, -0.15) is 0 Å². The zero-order valence-corrected chi connectivity index (χ0v) is 10.2. The van der Waals surface area contributed by atoms with Gasteiger partial charge >= 0.3 is 0 Å². The van der Waals surface area contributed by atoms with Gasteiger partial charge in [-0.1, -0.05) is 54.1 Å². The van der Waals surface area contributed by atoms with E-state index in [-0.39, 0.29) is 0 Å². The molecule has 0 fully saturated rings. The van der Waals surface area contributed by atoms with Crippen LogP contribution in [-0.4, -0.2) is 0 Å². The summed E-state index contributed by atoms with van der Waals surface area (Å²) in [6, 6.07) is 17.3. The first-order chi connectivity index (χ1) is 8.25. The second-order valence-corrected chi connectivity index (χ2v) is 4.64. The number of aryl methyl sites for hydroxylation is 1. The Labute approximate surface area is 103 Å².